The first-order valence-electron chi connectivity index (χ1n) is 11.5. The summed E-state index contributed by atoms with van der Waals surface area (Å²) in [6.45, 7) is 11.4. The normalized spacial score (nSPS) is 16.6. The second-order valence-corrected chi connectivity index (χ2v) is 10.4. The molecule has 3 rings (SSSR count). The van der Waals surface area contributed by atoms with Gasteiger partial charge in [0.1, 0.15) is 0 Å². The average Bonchev–Trinajstić information content (AvgIpc) is 3.07. The van der Waals surface area contributed by atoms with Crippen molar-refractivity contribution in [2.45, 2.75) is 72.8 Å². The van der Waals surface area contributed by atoms with Gasteiger partial charge >= 0.3 is 5.97 Å². The molecule has 0 fully saturated rings. The van der Waals surface area contributed by atoms with Crippen molar-refractivity contribution in [2.75, 3.05) is 13.2 Å². The van der Waals surface area contributed by atoms with Gasteiger partial charge < -0.3 is 9.47 Å². The van der Waals surface area contributed by atoms with E-state index >= 15 is 0 Å². The Labute approximate surface area is 191 Å². The molecule has 0 saturated carbocycles. The highest BCUT2D eigenvalue weighted by molar-refractivity contribution is 7.12. The number of hydrogen-bond donors (Lipinski definition) is 0. The SMILES string of the molecule is CCOC(=O)C(OCC)c1c(C)sc(CCc2ccccc2)c1C1=CCC(C)(C)CC1. The van der Waals surface area contributed by atoms with Gasteiger partial charge in [-0.15, -0.1) is 11.3 Å². The Morgan fingerprint density at radius 2 is 1.87 bits per heavy atom. The molecule has 31 heavy (non-hydrogen) atoms. The molecule has 1 aromatic carbocycles. The number of ether oxygens (including phenoxy) is 2. The Kier molecular flexibility index (Phi) is 8.12. The van der Waals surface area contributed by atoms with Crippen molar-refractivity contribution in [3.8, 4) is 0 Å². The molecule has 1 atom stereocenters. The van der Waals surface area contributed by atoms with E-state index in [0.717, 1.165) is 42.5 Å². The largest absolute Gasteiger partial charge is 0.464 e. The lowest BCUT2D eigenvalue weighted by molar-refractivity contribution is -0.157. The molecular weight excluding hydrogens is 404 g/mol. The van der Waals surface area contributed by atoms with Crippen LogP contribution in [0.3, 0.4) is 0 Å². The minimum absolute atomic E-state index is 0.280. The standard InChI is InChI=1S/C27H36O3S/c1-6-29-25(26(28)30-7-2)23-19(3)31-22(14-13-20-11-9-8-10-12-20)24(23)21-15-17-27(4,5)18-16-21/h8-12,15,25H,6-7,13-14,16-18H2,1-5H3. The predicted octanol–water partition coefficient (Wildman–Crippen LogP) is 7.08. The smallest absolute Gasteiger partial charge is 0.339 e. The molecule has 1 aliphatic carbocycles. The van der Waals surface area contributed by atoms with Crippen molar-refractivity contribution >= 4 is 22.9 Å². The van der Waals surface area contributed by atoms with Crippen molar-refractivity contribution in [2.24, 2.45) is 5.41 Å². The zero-order valence-electron chi connectivity index (χ0n) is 19.6. The number of esters is 1. The van der Waals surface area contributed by atoms with Gasteiger partial charge in [-0.05, 0) is 75.0 Å². The van der Waals surface area contributed by atoms with Crippen LogP contribution in [0.5, 0.6) is 0 Å². The van der Waals surface area contributed by atoms with Gasteiger partial charge in [0.05, 0.1) is 6.61 Å². The molecule has 1 unspecified atom stereocenters. The van der Waals surface area contributed by atoms with Crippen molar-refractivity contribution in [3.05, 3.63) is 62.9 Å². The van der Waals surface area contributed by atoms with Crippen LogP contribution >= 0.6 is 11.3 Å². The summed E-state index contributed by atoms with van der Waals surface area (Å²) in [6, 6.07) is 10.6. The van der Waals surface area contributed by atoms with E-state index in [-0.39, 0.29) is 5.97 Å². The Bertz CT molecular complexity index is 908. The van der Waals surface area contributed by atoms with E-state index in [1.807, 2.05) is 25.2 Å². The van der Waals surface area contributed by atoms with E-state index in [9.17, 15) is 4.79 Å². The van der Waals surface area contributed by atoms with Crippen LogP contribution in [0, 0.1) is 12.3 Å². The summed E-state index contributed by atoms with van der Waals surface area (Å²) in [4.78, 5) is 15.4. The summed E-state index contributed by atoms with van der Waals surface area (Å²) < 4.78 is 11.4. The number of thiophene rings is 1. The van der Waals surface area contributed by atoms with Gasteiger partial charge in [-0.1, -0.05) is 50.3 Å². The molecule has 0 spiro atoms. The van der Waals surface area contributed by atoms with E-state index in [0.29, 0.717) is 18.6 Å². The van der Waals surface area contributed by atoms with Gasteiger partial charge in [-0.2, -0.15) is 0 Å². The fraction of sp³-hybridized carbons (Fsp3) is 0.519. The highest BCUT2D eigenvalue weighted by atomic mass is 32.1. The molecule has 1 aliphatic rings. The number of carbonyl (C=O) groups is 1. The van der Waals surface area contributed by atoms with Gasteiger partial charge in [0.2, 0.25) is 0 Å². The number of aryl methyl sites for hydroxylation is 3. The van der Waals surface area contributed by atoms with Crippen LogP contribution in [-0.2, 0) is 27.1 Å². The molecule has 3 nitrogen and oxygen atoms in total. The predicted molar refractivity (Wildman–Crippen MR) is 130 cm³/mol. The lowest BCUT2D eigenvalue weighted by Gasteiger charge is -2.30. The first kappa shape index (κ1) is 23.7. The quantitative estimate of drug-likeness (QED) is 0.391. The summed E-state index contributed by atoms with van der Waals surface area (Å²) in [5.74, 6) is -0.280. The van der Waals surface area contributed by atoms with E-state index in [2.05, 4.69) is 57.2 Å². The number of benzene rings is 1. The van der Waals surface area contributed by atoms with Crippen molar-refractivity contribution in [1.29, 1.82) is 0 Å². The van der Waals surface area contributed by atoms with Gasteiger partial charge in [-0.3, -0.25) is 0 Å². The second-order valence-electron chi connectivity index (χ2n) is 9.04. The summed E-state index contributed by atoms with van der Waals surface area (Å²) in [5.41, 5.74) is 5.32. The molecule has 0 saturated heterocycles. The van der Waals surface area contributed by atoms with Crippen LogP contribution in [0.15, 0.2) is 36.4 Å². The van der Waals surface area contributed by atoms with Crippen molar-refractivity contribution in [3.63, 3.8) is 0 Å². The van der Waals surface area contributed by atoms with Gasteiger partial charge in [-0.25, -0.2) is 4.79 Å². The number of carbonyl (C=O) groups excluding carboxylic acids is 1. The van der Waals surface area contributed by atoms with Crippen LogP contribution in [-0.4, -0.2) is 19.2 Å². The lowest BCUT2D eigenvalue weighted by Crippen LogP contribution is -2.21. The van der Waals surface area contributed by atoms with Crippen LogP contribution in [0.25, 0.3) is 5.57 Å². The monoisotopic (exact) mass is 440 g/mol. The summed E-state index contributed by atoms with van der Waals surface area (Å²) >= 11 is 1.81. The maximum atomic E-state index is 12.9. The maximum Gasteiger partial charge on any atom is 0.339 e. The Hall–Kier alpha value is -1.91. The fourth-order valence-corrected chi connectivity index (χ4v) is 5.56. The minimum atomic E-state index is -0.655. The molecule has 168 valence electrons. The second kappa shape index (κ2) is 10.6. The zero-order chi connectivity index (χ0) is 22.4. The van der Waals surface area contributed by atoms with Crippen LogP contribution in [0.4, 0.5) is 0 Å². The molecule has 1 heterocycles. The van der Waals surface area contributed by atoms with E-state index in [1.54, 1.807) is 0 Å². The van der Waals surface area contributed by atoms with E-state index < -0.39 is 6.10 Å². The summed E-state index contributed by atoms with van der Waals surface area (Å²) in [7, 11) is 0. The molecule has 0 aliphatic heterocycles. The first-order valence-corrected chi connectivity index (χ1v) is 12.3. The number of rotatable bonds is 9. The van der Waals surface area contributed by atoms with Gasteiger partial charge in [0, 0.05) is 21.9 Å². The highest BCUT2D eigenvalue weighted by Crippen LogP contribution is 2.45. The minimum Gasteiger partial charge on any atom is -0.464 e. The molecule has 4 heteroatoms. The Morgan fingerprint density at radius 1 is 1.13 bits per heavy atom. The van der Waals surface area contributed by atoms with Crippen molar-refractivity contribution < 1.29 is 14.3 Å². The van der Waals surface area contributed by atoms with Gasteiger partial charge in [0.15, 0.2) is 6.10 Å². The number of hydrogen-bond acceptors (Lipinski definition) is 4. The molecule has 1 aromatic heterocycles. The third-order valence-corrected chi connectivity index (χ3v) is 7.26. The fourth-order valence-electron chi connectivity index (χ4n) is 4.32. The zero-order valence-corrected chi connectivity index (χ0v) is 20.4. The first-order chi connectivity index (χ1) is 14.9. The third kappa shape index (κ3) is 5.87. The molecule has 2 aromatic rings. The van der Waals surface area contributed by atoms with Crippen LogP contribution < -0.4 is 0 Å². The van der Waals surface area contributed by atoms with E-state index in [4.69, 9.17) is 9.47 Å². The molecule has 0 radical (unpaired) electrons. The lowest BCUT2D eigenvalue weighted by atomic mass is 9.76. The van der Waals surface area contributed by atoms with E-state index in [1.165, 1.54) is 21.6 Å². The van der Waals surface area contributed by atoms with Crippen LogP contribution in [0.1, 0.15) is 79.5 Å². The maximum absolute atomic E-state index is 12.9. The summed E-state index contributed by atoms with van der Waals surface area (Å²) in [5, 5.41) is 0. The topological polar surface area (TPSA) is 35.5 Å². The highest BCUT2D eigenvalue weighted by Gasteiger charge is 2.33. The molecule has 0 N–H and O–H groups in total. The molecule has 0 amide bonds. The Morgan fingerprint density at radius 3 is 2.48 bits per heavy atom. The summed E-state index contributed by atoms with van der Waals surface area (Å²) in [6.07, 6.45) is 6.96. The third-order valence-electron chi connectivity index (χ3n) is 6.08. The number of allylic oxidation sites excluding steroid dienone is 2. The average molecular weight is 441 g/mol. The van der Waals surface area contributed by atoms with Gasteiger partial charge in [0.25, 0.3) is 0 Å². The van der Waals surface area contributed by atoms with Crippen molar-refractivity contribution in [1.82, 2.24) is 0 Å². The molecular formula is C27H36O3S. The Balaban J connectivity index is 2.03. The van der Waals surface area contributed by atoms with Crippen LogP contribution in [0.2, 0.25) is 0 Å². The molecule has 0 bridgehead atoms.